The fraction of sp³-hybridized carbons (Fsp3) is 0.222. The minimum atomic E-state index is -0.685. The molecular weight excluding hydrogens is 324 g/mol. The van der Waals surface area contributed by atoms with Crippen LogP contribution in [0.5, 0.6) is 11.5 Å². The molecular formula is C18H16N2O3S. The zero-order valence-corrected chi connectivity index (χ0v) is 14.1. The van der Waals surface area contributed by atoms with Crippen LogP contribution in [0.4, 0.5) is 5.13 Å². The van der Waals surface area contributed by atoms with Crippen LogP contribution < -0.4 is 14.8 Å². The first-order valence-electron chi connectivity index (χ1n) is 7.67. The molecule has 3 aromatic rings. The predicted octanol–water partition coefficient (Wildman–Crippen LogP) is 3.69. The highest BCUT2D eigenvalue weighted by molar-refractivity contribution is 7.22. The average Bonchev–Trinajstić information content (AvgIpc) is 2.97. The van der Waals surface area contributed by atoms with Crippen molar-refractivity contribution in [3.63, 3.8) is 0 Å². The highest BCUT2D eigenvalue weighted by atomic mass is 32.1. The summed E-state index contributed by atoms with van der Waals surface area (Å²) < 4.78 is 12.4. The predicted molar refractivity (Wildman–Crippen MR) is 94.1 cm³/mol. The third-order valence-electron chi connectivity index (χ3n) is 3.86. The minimum absolute atomic E-state index is 0.186. The van der Waals surface area contributed by atoms with Crippen molar-refractivity contribution in [1.29, 1.82) is 0 Å². The number of ether oxygens (including phenoxy) is 2. The van der Waals surface area contributed by atoms with Gasteiger partial charge in [0, 0.05) is 0 Å². The standard InChI is InChI=1S/C18H16N2O3S/c1-10-7-11(2)16-15(8-10)24-18(19-16)20-17(21)14-9-22-12-5-3-4-6-13(12)23-14/h3-8,14H,9H2,1-2H3,(H,19,20,21)/t14-/m0/s1. The van der Waals surface area contributed by atoms with Crippen LogP contribution in [0.25, 0.3) is 10.2 Å². The molecule has 2 heterocycles. The number of nitrogens with one attached hydrogen (secondary N) is 1. The summed E-state index contributed by atoms with van der Waals surface area (Å²) in [6.07, 6.45) is -0.685. The van der Waals surface area contributed by atoms with Crippen molar-refractivity contribution in [2.75, 3.05) is 11.9 Å². The highest BCUT2D eigenvalue weighted by Crippen LogP contribution is 2.32. The topological polar surface area (TPSA) is 60.5 Å². The van der Waals surface area contributed by atoms with E-state index in [1.165, 1.54) is 16.9 Å². The molecule has 1 atom stereocenters. The smallest absolute Gasteiger partial charge is 0.270 e. The molecule has 6 heteroatoms. The first-order valence-corrected chi connectivity index (χ1v) is 8.49. The van der Waals surface area contributed by atoms with Gasteiger partial charge in [-0.25, -0.2) is 4.98 Å². The normalized spacial score (nSPS) is 16.2. The molecule has 0 saturated heterocycles. The Morgan fingerprint density at radius 3 is 2.88 bits per heavy atom. The summed E-state index contributed by atoms with van der Waals surface area (Å²) in [5.74, 6) is 0.991. The molecule has 4 rings (SSSR count). The van der Waals surface area contributed by atoms with Gasteiger partial charge < -0.3 is 9.47 Å². The van der Waals surface area contributed by atoms with Gasteiger partial charge in [0.2, 0.25) is 6.10 Å². The van der Waals surface area contributed by atoms with Crippen LogP contribution in [0, 0.1) is 13.8 Å². The van der Waals surface area contributed by atoms with Crippen LogP contribution in [-0.2, 0) is 4.79 Å². The molecule has 0 unspecified atom stereocenters. The maximum Gasteiger partial charge on any atom is 0.270 e. The lowest BCUT2D eigenvalue weighted by atomic mass is 10.1. The molecule has 0 spiro atoms. The highest BCUT2D eigenvalue weighted by Gasteiger charge is 2.28. The van der Waals surface area contributed by atoms with Gasteiger partial charge in [0.1, 0.15) is 6.61 Å². The summed E-state index contributed by atoms with van der Waals surface area (Å²) in [6, 6.07) is 11.5. The number of carbonyl (C=O) groups excluding carboxylic acids is 1. The first-order chi connectivity index (χ1) is 11.6. The number of anilines is 1. The Kier molecular flexibility index (Phi) is 3.61. The molecule has 0 fully saturated rings. The quantitative estimate of drug-likeness (QED) is 0.773. The molecule has 0 bridgehead atoms. The number of para-hydroxylation sites is 2. The van der Waals surface area contributed by atoms with Crippen molar-refractivity contribution < 1.29 is 14.3 Å². The molecule has 0 aliphatic carbocycles. The van der Waals surface area contributed by atoms with E-state index in [0.717, 1.165) is 15.8 Å². The largest absolute Gasteiger partial charge is 0.485 e. The number of amides is 1. The van der Waals surface area contributed by atoms with Crippen LogP contribution in [0.15, 0.2) is 36.4 Å². The molecule has 1 aromatic heterocycles. The van der Waals surface area contributed by atoms with Crippen molar-refractivity contribution in [2.45, 2.75) is 20.0 Å². The Labute approximate surface area is 143 Å². The van der Waals surface area contributed by atoms with Gasteiger partial charge in [-0.3, -0.25) is 10.1 Å². The van der Waals surface area contributed by atoms with Gasteiger partial charge in [0.25, 0.3) is 5.91 Å². The van der Waals surface area contributed by atoms with E-state index >= 15 is 0 Å². The van der Waals surface area contributed by atoms with Crippen LogP contribution in [-0.4, -0.2) is 23.6 Å². The second-order valence-electron chi connectivity index (χ2n) is 5.80. The maximum absolute atomic E-state index is 12.5. The van der Waals surface area contributed by atoms with Gasteiger partial charge in [0.05, 0.1) is 10.2 Å². The molecule has 0 radical (unpaired) electrons. The van der Waals surface area contributed by atoms with E-state index in [9.17, 15) is 4.79 Å². The summed E-state index contributed by atoms with van der Waals surface area (Å²) in [7, 11) is 0. The van der Waals surface area contributed by atoms with Gasteiger partial charge in [-0.1, -0.05) is 29.5 Å². The van der Waals surface area contributed by atoms with E-state index in [4.69, 9.17) is 9.47 Å². The van der Waals surface area contributed by atoms with Gasteiger partial charge in [-0.2, -0.15) is 0 Å². The molecule has 1 amide bonds. The number of carbonyl (C=O) groups is 1. The molecule has 1 aliphatic heterocycles. The van der Waals surface area contributed by atoms with Crippen molar-refractivity contribution in [3.05, 3.63) is 47.5 Å². The van der Waals surface area contributed by atoms with Crippen molar-refractivity contribution in [3.8, 4) is 11.5 Å². The van der Waals surface area contributed by atoms with E-state index in [1.807, 2.05) is 25.1 Å². The zero-order chi connectivity index (χ0) is 16.7. The number of aromatic nitrogens is 1. The SMILES string of the molecule is Cc1cc(C)c2nc(NC(=O)[C@@H]3COc4ccccc4O3)sc2c1. The molecule has 1 N–H and O–H groups in total. The third kappa shape index (κ3) is 2.69. The van der Waals surface area contributed by atoms with Crippen molar-refractivity contribution in [2.24, 2.45) is 0 Å². The Morgan fingerprint density at radius 1 is 1.25 bits per heavy atom. The number of nitrogens with zero attached hydrogens (tertiary/aromatic N) is 1. The molecule has 24 heavy (non-hydrogen) atoms. The monoisotopic (exact) mass is 340 g/mol. The lowest BCUT2D eigenvalue weighted by Gasteiger charge is -2.25. The minimum Gasteiger partial charge on any atom is -0.485 e. The van der Waals surface area contributed by atoms with Crippen molar-refractivity contribution in [1.82, 2.24) is 4.98 Å². The second kappa shape index (κ2) is 5.79. The number of hydrogen-bond donors (Lipinski definition) is 1. The van der Waals surface area contributed by atoms with E-state index in [-0.39, 0.29) is 12.5 Å². The number of rotatable bonds is 2. The summed E-state index contributed by atoms with van der Waals surface area (Å²) in [5, 5.41) is 3.42. The summed E-state index contributed by atoms with van der Waals surface area (Å²) in [5.41, 5.74) is 3.21. The summed E-state index contributed by atoms with van der Waals surface area (Å²) >= 11 is 1.46. The van der Waals surface area contributed by atoms with E-state index < -0.39 is 6.10 Å². The Morgan fingerprint density at radius 2 is 2.04 bits per heavy atom. The molecule has 0 saturated carbocycles. The van der Waals surface area contributed by atoms with E-state index in [0.29, 0.717) is 16.6 Å². The Balaban J connectivity index is 1.54. The van der Waals surface area contributed by atoms with Crippen LogP contribution in [0.3, 0.4) is 0 Å². The number of thiazole rings is 1. The number of fused-ring (bicyclic) bond motifs is 2. The van der Waals surface area contributed by atoms with Gasteiger partial charge in [-0.05, 0) is 43.2 Å². The Bertz CT molecular complexity index is 935. The molecule has 122 valence electrons. The lowest BCUT2D eigenvalue weighted by Crippen LogP contribution is -2.40. The summed E-state index contributed by atoms with van der Waals surface area (Å²) in [4.78, 5) is 17.0. The van der Waals surface area contributed by atoms with Gasteiger partial charge >= 0.3 is 0 Å². The average molecular weight is 340 g/mol. The van der Waals surface area contributed by atoms with Crippen molar-refractivity contribution >= 4 is 32.6 Å². The number of aryl methyl sites for hydroxylation is 2. The first kappa shape index (κ1) is 15.0. The van der Waals surface area contributed by atoms with E-state index in [1.54, 1.807) is 6.07 Å². The van der Waals surface area contributed by atoms with Gasteiger partial charge in [-0.15, -0.1) is 0 Å². The van der Waals surface area contributed by atoms with Crippen LogP contribution in [0.1, 0.15) is 11.1 Å². The molecule has 1 aliphatic rings. The van der Waals surface area contributed by atoms with E-state index in [2.05, 4.69) is 29.4 Å². The molecule has 2 aromatic carbocycles. The zero-order valence-electron chi connectivity index (χ0n) is 13.3. The number of hydrogen-bond acceptors (Lipinski definition) is 5. The van der Waals surface area contributed by atoms with Crippen LogP contribution in [0.2, 0.25) is 0 Å². The van der Waals surface area contributed by atoms with Gasteiger partial charge in [0.15, 0.2) is 16.6 Å². The lowest BCUT2D eigenvalue weighted by molar-refractivity contribution is -0.125. The van der Waals surface area contributed by atoms with Crippen LogP contribution >= 0.6 is 11.3 Å². The third-order valence-corrected chi connectivity index (χ3v) is 4.78. The fourth-order valence-corrected chi connectivity index (χ4v) is 3.80. The molecule has 5 nitrogen and oxygen atoms in total. The number of benzene rings is 2. The second-order valence-corrected chi connectivity index (χ2v) is 6.83. The Hall–Kier alpha value is -2.60. The maximum atomic E-state index is 12.5. The fourth-order valence-electron chi connectivity index (χ4n) is 2.76. The summed E-state index contributed by atoms with van der Waals surface area (Å²) in [6.45, 7) is 4.26.